The summed E-state index contributed by atoms with van der Waals surface area (Å²) in [6, 6.07) is 0. The zero-order valence-corrected chi connectivity index (χ0v) is 18.4. The second-order valence-electron chi connectivity index (χ2n) is 5.95. The summed E-state index contributed by atoms with van der Waals surface area (Å²) < 4.78 is 0. The minimum Gasteiger partial charge on any atom is -0.343 e. The van der Waals surface area contributed by atoms with E-state index in [0.717, 1.165) is 12.8 Å². The largest absolute Gasteiger partial charge is 2.00 e. The molecule has 0 heterocycles. The summed E-state index contributed by atoms with van der Waals surface area (Å²) in [5.74, 6) is 0. The molecular weight excluding hydrogens is 306 g/mol. The third-order valence-electron chi connectivity index (χ3n) is 3.71. The summed E-state index contributed by atoms with van der Waals surface area (Å²) >= 11 is 0. The van der Waals surface area contributed by atoms with E-state index in [0.29, 0.717) is 0 Å². The molecule has 0 rings (SSSR count). The fraction of sp³-hybridized carbons (Fsp3) is 0.900. The Hall–Kier alpha value is 0.623. The van der Waals surface area contributed by atoms with Crippen molar-refractivity contribution < 1.29 is 19.5 Å². The first-order valence-electron chi connectivity index (χ1n) is 9.41. The van der Waals surface area contributed by atoms with Gasteiger partial charge in [0, 0.05) is 0 Å². The van der Waals surface area contributed by atoms with Gasteiger partial charge in [-0.15, -0.1) is 0 Å². The van der Waals surface area contributed by atoms with Crippen molar-refractivity contribution in [1.29, 1.82) is 0 Å². The molecule has 0 saturated carbocycles. The molecule has 0 amide bonds. The number of rotatable bonds is 14. The van der Waals surface area contributed by atoms with E-state index in [-0.39, 0.29) is 19.5 Å². The van der Waals surface area contributed by atoms with Crippen LogP contribution in [0.4, 0.5) is 0 Å². The van der Waals surface area contributed by atoms with Gasteiger partial charge >= 0.3 is 19.5 Å². The molecule has 0 nitrogen and oxygen atoms in total. The number of hydrogen-bond acceptors (Lipinski definition) is 0. The van der Waals surface area contributed by atoms with Crippen LogP contribution >= 0.6 is 0 Å². The smallest absolute Gasteiger partial charge is 0.343 e. The second kappa shape index (κ2) is 28.7. The van der Waals surface area contributed by atoms with Crippen LogP contribution in [-0.2, 0) is 19.5 Å². The van der Waals surface area contributed by atoms with Crippen LogP contribution in [0, 0.1) is 13.8 Å². The molecule has 0 unspecified atom stereocenters. The van der Waals surface area contributed by atoms with E-state index in [1.807, 2.05) is 0 Å². The maximum Gasteiger partial charge on any atom is 2.00 e. The summed E-state index contributed by atoms with van der Waals surface area (Å²) in [7, 11) is 0. The predicted octanol–water partition coefficient (Wildman–Crippen LogP) is 7.92. The second-order valence-corrected chi connectivity index (χ2v) is 5.95. The van der Waals surface area contributed by atoms with Crippen LogP contribution in [-0.4, -0.2) is 0 Å². The zero-order chi connectivity index (χ0) is 15.3. The van der Waals surface area contributed by atoms with Crippen molar-refractivity contribution in [2.75, 3.05) is 0 Å². The quantitative estimate of drug-likeness (QED) is 0.170. The first kappa shape index (κ1) is 26.5. The molecule has 0 N–H and O–H groups in total. The van der Waals surface area contributed by atoms with Crippen LogP contribution in [0.15, 0.2) is 0 Å². The van der Waals surface area contributed by atoms with Crippen molar-refractivity contribution >= 4 is 0 Å². The summed E-state index contributed by atoms with van der Waals surface area (Å²) in [5.41, 5.74) is 0. The van der Waals surface area contributed by atoms with Crippen molar-refractivity contribution in [2.24, 2.45) is 0 Å². The normalized spacial score (nSPS) is 9.71. The van der Waals surface area contributed by atoms with Gasteiger partial charge in [0.05, 0.1) is 0 Å². The van der Waals surface area contributed by atoms with Gasteiger partial charge in [0.2, 0.25) is 0 Å². The Balaban J connectivity index is -0.000000295. The van der Waals surface area contributed by atoms with Crippen molar-refractivity contribution in [2.45, 2.75) is 117 Å². The monoisotopic (exact) mass is 346 g/mol. The van der Waals surface area contributed by atoms with Crippen LogP contribution in [0.2, 0.25) is 0 Å². The molecule has 0 spiro atoms. The Labute approximate surface area is 150 Å². The fourth-order valence-electron chi connectivity index (χ4n) is 2.27. The van der Waals surface area contributed by atoms with Crippen molar-refractivity contribution in [3.05, 3.63) is 13.8 Å². The van der Waals surface area contributed by atoms with Gasteiger partial charge in [-0.25, -0.2) is 0 Å². The van der Waals surface area contributed by atoms with Crippen molar-refractivity contribution in [3.8, 4) is 0 Å². The Bertz CT molecular complexity index is 102. The van der Waals surface area contributed by atoms with E-state index in [9.17, 15) is 0 Å². The van der Waals surface area contributed by atoms with E-state index < -0.39 is 0 Å². The molecule has 0 aromatic carbocycles. The van der Waals surface area contributed by atoms with E-state index in [4.69, 9.17) is 0 Å². The van der Waals surface area contributed by atoms with Gasteiger partial charge in [-0.2, -0.15) is 12.8 Å². The first-order valence-corrected chi connectivity index (χ1v) is 9.41. The van der Waals surface area contributed by atoms with Crippen LogP contribution < -0.4 is 0 Å². The maximum absolute atomic E-state index is 3.82. The Morgan fingerprint density at radius 1 is 0.429 bits per heavy atom. The minimum atomic E-state index is 0. The summed E-state index contributed by atoms with van der Waals surface area (Å²) in [4.78, 5) is 0. The SMILES string of the molecule is [CH2-]CCCCCCCCC.[CH2-]CCCCCCCCC.[Zn+2]. The molecule has 0 radical (unpaired) electrons. The molecule has 0 aliphatic carbocycles. The van der Waals surface area contributed by atoms with Gasteiger partial charge in [-0.3, -0.25) is 0 Å². The molecule has 0 atom stereocenters. The molecule has 124 valence electrons. The first-order chi connectivity index (χ1) is 9.83. The van der Waals surface area contributed by atoms with E-state index >= 15 is 0 Å². The van der Waals surface area contributed by atoms with Crippen molar-refractivity contribution in [3.63, 3.8) is 0 Å². The Kier molecular flexibility index (Phi) is 36.3. The van der Waals surface area contributed by atoms with Crippen LogP contribution in [0.3, 0.4) is 0 Å². The molecule has 0 fully saturated rings. The third kappa shape index (κ3) is 33.4. The van der Waals surface area contributed by atoms with Gasteiger partial charge in [0.15, 0.2) is 0 Å². The summed E-state index contributed by atoms with van der Waals surface area (Å²) in [6.45, 7) is 12.2. The topological polar surface area (TPSA) is 0 Å². The number of unbranched alkanes of at least 4 members (excludes halogenated alkanes) is 14. The molecule has 0 aromatic rings. The molecule has 0 aliphatic rings. The van der Waals surface area contributed by atoms with Gasteiger partial charge < -0.3 is 13.8 Å². The van der Waals surface area contributed by atoms with E-state index in [2.05, 4.69) is 27.7 Å². The molecule has 0 aliphatic heterocycles. The maximum atomic E-state index is 3.82. The third-order valence-corrected chi connectivity index (χ3v) is 3.71. The van der Waals surface area contributed by atoms with Crippen LogP contribution in [0.25, 0.3) is 0 Å². The fourth-order valence-corrected chi connectivity index (χ4v) is 2.27. The molecular formula is C20H42Zn. The number of hydrogen-bond donors (Lipinski definition) is 0. The van der Waals surface area contributed by atoms with Crippen molar-refractivity contribution in [1.82, 2.24) is 0 Å². The molecule has 0 aromatic heterocycles. The standard InChI is InChI=1S/2C10H21.Zn/c2*1-3-5-7-9-10-8-6-4-2;/h2*1,3-10H2,2H3;/q2*-1;+2. The summed E-state index contributed by atoms with van der Waals surface area (Å²) in [5, 5.41) is 0. The van der Waals surface area contributed by atoms with E-state index in [1.54, 1.807) is 0 Å². The van der Waals surface area contributed by atoms with Gasteiger partial charge in [-0.05, 0) is 0 Å². The minimum absolute atomic E-state index is 0. The Morgan fingerprint density at radius 3 is 0.905 bits per heavy atom. The molecule has 0 bridgehead atoms. The Morgan fingerprint density at radius 2 is 0.667 bits per heavy atom. The molecule has 1 heteroatoms. The van der Waals surface area contributed by atoms with Gasteiger partial charge in [0.1, 0.15) is 0 Å². The van der Waals surface area contributed by atoms with E-state index in [1.165, 1.54) is 89.9 Å². The van der Waals surface area contributed by atoms with Gasteiger partial charge in [-0.1, -0.05) is 104 Å². The average molecular weight is 348 g/mol. The predicted molar refractivity (Wildman–Crippen MR) is 95.9 cm³/mol. The van der Waals surface area contributed by atoms with Crippen LogP contribution in [0.1, 0.15) is 117 Å². The summed E-state index contributed by atoms with van der Waals surface area (Å²) in [6.07, 6.45) is 21.8. The average Bonchev–Trinajstić information content (AvgIpc) is 2.47. The zero-order valence-electron chi connectivity index (χ0n) is 15.4. The molecule has 21 heavy (non-hydrogen) atoms. The molecule has 0 saturated heterocycles. The van der Waals surface area contributed by atoms with Gasteiger partial charge in [0.25, 0.3) is 0 Å². The van der Waals surface area contributed by atoms with Crippen LogP contribution in [0.5, 0.6) is 0 Å².